The predicted octanol–water partition coefficient (Wildman–Crippen LogP) is 2.01. The Morgan fingerprint density at radius 1 is 0.960 bits per heavy atom. The molecule has 0 unspecified atom stereocenters. The summed E-state index contributed by atoms with van der Waals surface area (Å²) in [7, 11) is -3.83. The molecule has 1 aromatic carbocycles. The number of sulfonamides is 1. The van der Waals surface area contributed by atoms with Crippen LogP contribution in [0.2, 0.25) is 0 Å². The van der Waals surface area contributed by atoms with E-state index >= 15 is 0 Å². The number of piperazine rings is 1. The van der Waals surface area contributed by atoms with Crippen molar-refractivity contribution in [2.75, 3.05) is 31.1 Å². The molecule has 1 aromatic heterocycles. The molecule has 0 amide bonds. The maximum Gasteiger partial charge on any atom is 0.416 e. The molecule has 0 saturated carbocycles. The fraction of sp³-hybridized carbons (Fsp3) is 0.333. The molecule has 0 N–H and O–H groups in total. The normalized spacial score (nSPS) is 16.8. The van der Waals surface area contributed by atoms with Gasteiger partial charge >= 0.3 is 6.18 Å². The minimum Gasteiger partial charge on any atom is -0.353 e. The van der Waals surface area contributed by atoms with Crippen molar-refractivity contribution in [3.8, 4) is 0 Å². The van der Waals surface area contributed by atoms with Crippen molar-refractivity contribution in [3.63, 3.8) is 0 Å². The van der Waals surface area contributed by atoms with Crippen LogP contribution in [0, 0.1) is 0 Å². The van der Waals surface area contributed by atoms with Crippen molar-refractivity contribution in [1.82, 2.24) is 14.3 Å². The Bertz CT molecular complexity index is 818. The average Bonchev–Trinajstić information content (AvgIpc) is 2.62. The van der Waals surface area contributed by atoms with Crippen LogP contribution in [-0.2, 0) is 16.2 Å². The van der Waals surface area contributed by atoms with Crippen LogP contribution in [0.5, 0.6) is 0 Å². The highest BCUT2D eigenvalue weighted by Crippen LogP contribution is 2.30. The topological polar surface area (TPSA) is 66.4 Å². The molecule has 3 rings (SSSR count). The van der Waals surface area contributed by atoms with Gasteiger partial charge in [-0.25, -0.2) is 13.4 Å². The molecule has 0 bridgehead atoms. The molecule has 0 spiro atoms. The molecule has 1 aliphatic rings. The highest BCUT2D eigenvalue weighted by atomic mass is 32.2. The third-order valence-electron chi connectivity index (χ3n) is 3.93. The highest BCUT2D eigenvalue weighted by Gasteiger charge is 2.32. The van der Waals surface area contributed by atoms with Crippen LogP contribution >= 0.6 is 0 Å². The van der Waals surface area contributed by atoms with E-state index in [0.717, 1.165) is 24.3 Å². The molecule has 1 saturated heterocycles. The maximum absolute atomic E-state index is 12.6. The molecule has 0 aliphatic carbocycles. The molecular weight excluding hydrogens is 357 g/mol. The van der Waals surface area contributed by atoms with Crippen molar-refractivity contribution in [2.45, 2.75) is 11.1 Å². The van der Waals surface area contributed by atoms with Gasteiger partial charge in [-0.1, -0.05) is 0 Å². The Labute approximate surface area is 143 Å². The minimum absolute atomic E-state index is 0.145. The molecule has 134 valence electrons. The largest absolute Gasteiger partial charge is 0.416 e. The minimum atomic E-state index is -4.50. The number of hydrogen-bond donors (Lipinski definition) is 0. The molecule has 0 radical (unpaired) electrons. The van der Waals surface area contributed by atoms with Gasteiger partial charge in [0.25, 0.3) is 0 Å². The first-order valence-corrected chi connectivity index (χ1v) is 8.91. The number of alkyl halides is 3. The smallest absolute Gasteiger partial charge is 0.353 e. The van der Waals surface area contributed by atoms with Gasteiger partial charge in [-0.3, -0.25) is 4.98 Å². The fourth-order valence-corrected chi connectivity index (χ4v) is 4.00. The lowest BCUT2D eigenvalue weighted by molar-refractivity contribution is -0.137. The summed E-state index contributed by atoms with van der Waals surface area (Å²) in [5.41, 5.74) is -0.876. The van der Waals surface area contributed by atoms with Crippen molar-refractivity contribution in [2.24, 2.45) is 0 Å². The third kappa shape index (κ3) is 3.74. The van der Waals surface area contributed by atoms with Gasteiger partial charge in [0.05, 0.1) is 16.7 Å². The highest BCUT2D eigenvalue weighted by molar-refractivity contribution is 7.89. The van der Waals surface area contributed by atoms with E-state index in [9.17, 15) is 21.6 Å². The van der Waals surface area contributed by atoms with E-state index in [1.165, 1.54) is 4.31 Å². The van der Waals surface area contributed by atoms with E-state index in [1.54, 1.807) is 18.6 Å². The van der Waals surface area contributed by atoms with Crippen molar-refractivity contribution in [3.05, 3.63) is 48.4 Å². The van der Waals surface area contributed by atoms with Crippen molar-refractivity contribution < 1.29 is 21.6 Å². The summed E-state index contributed by atoms with van der Waals surface area (Å²) < 4.78 is 64.2. The van der Waals surface area contributed by atoms with Crippen LogP contribution in [0.15, 0.2) is 47.8 Å². The quantitative estimate of drug-likeness (QED) is 0.825. The molecule has 25 heavy (non-hydrogen) atoms. The van der Waals surface area contributed by atoms with Gasteiger partial charge in [-0.05, 0) is 24.3 Å². The van der Waals surface area contributed by atoms with E-state index in [1.807, 2.05) is 4.90 Å². The second-order valence-corrected chi connectivity index (χ2v) is 7.41. The van der Waals surface area contributed by atoms with Gasteiger partial charge in [-0.15, -0.1) is 0 Å². The lowest BCUT2D eigenvalue weighted by Gasteiger charge is -2.34. The second kappa shape index (κ2) is 6.60. The van der Waals surface area contributed by atoms with Gasteiger partial charge in [0.15, 0.2) is 0 Å². The monoisotopic (exact) mass is 372 g/mol. The van der Waals surface area contributed by atoms with E-state index in [2.05, 4.69) is 9.97 Å². The van der Waals surface area contributed by atoms with Gasteiger partial charge in [-0.2, -0.15) is 17.5 Å². The molecule has 6 nitrogen and oxygen atoms in total. The van der Waals surface area contributed by atoms with Crippen LogP contribution < -0.4 is 4.90 Å². The molecule has 1 fully saturated rings. The summed E-state index contributed by atoms with van der Waals surface area (Å²) in [4.78, 5) is 9.91. The zero-order valence-corrected chi connectivity index (χ0v) is 13.8. The van der Waals surface area contributed by atoms with Crippen LogP contribution in [0.3, 0.4) is 0 Å². The van der Waals surface area contributed by atoms with E-state index in [-0.39, 0.29) is 18.0 Å². The maximum atomic E-state index is 12.6. The van der Waals surface area contributed by atoms with Gasteiger partial charge < -0.3 is 4.90 Å². The summed E-state index contributed by atoms with van der Waals surface area (Å²) in [6.45, 7) is 1.30. The fourth-order valence-electron chi connectivity index (χ4n) is 2.58. The van der Waals surface area contributed by atoms with Crippen LogP contribution in [0.25, 0.3) is 0 Å². The van der Waals surface area contributed by atoms with E-state index in [0.29, 0.717) is 18.9 Å². The Hall–Kier alpha value is -2.20. The summed E-state index contributed by atoms with van der Waals surface area (Å²) in [6.07, 6.45) is 0.208. The summed E-state index contributed by atoms with van der Waals surface area (Å²) in [6, 6.07) is 3.55. The zero-order chi connectivity index (χ0) is 18.1. The second-order valence-electron chi connectivity index (χ2n) is 5.48. The Balaban J connectivity index is 1.72. The van der Waals surface area contributed by atoms with Crippen molar-refractivity contribution in [1.29, 1.82) is 0 Å². The van der Waals surface area contributed by atoms with Gasteiger partial charge in [0, 0.05) is 38.6 Å². The lowest BCUT2D eigenvalue weighted by atomic mass is 10.2. The summed E-state index contributed by atoms with van der Waals surface area (Å²) in [5.74, 6) is 0.661. The lowest BCUT2D eigenvalue weighted by Crippen LogP contribution is -2.48. The Morgan fingerprint density at radius 3 is 2.12 bits per heavy atom. The summed E-state index contributed by atoms with van der Waals surface area (Å²) in [5, 5.41) is 0. The number of hydrogen-bond acceptors (Lipinski definition) is 5. The number of rotatable bonds is 3. The first-order valence-electron chi connectivity index (χ1n) is 7.47. The number of aromatic nitrogens is 2. The Kier molecular flexibility index (Phi) is 4.65. The summed E-state index contributed by atoms with van der Waals surface area (Å²) >= 11 is 0. The first-order chi connectivity index (χ1) is 11.8. The van der Waals surface area contributed by atoms with Gasteiger partial charge in [0.1, 0.15) is 5.82 Å². The third-order valence-corrected chi connectivity index (χ3v) is 5.84. The number of nitrogens with zero attached hydrogens (tertiary/aromatic N) is 4. The predicted molar refractivity (Wildman–Crippen MR) is 84.4 cm³/mol. The van der Waals surface area contributed by atoms with Crippen LogP contribution in [-0.4, -0.2) is 48.9 Å². The Morgan fingerprint density at radius 2 is 1.60 bits per heavy atom. The zero-order valence-electron chi connectivity index (χ0n) is 13.0. The van der Waals surface area contributed by atoms with Crippen LogP contribution in [0.1, 0.15) is 5.56 Å². The number of halogens is 3. The van der Waals surface area contributed by atoms with Crippen molar-refractivity contribution >= 4 is 15.8 Å². The molecule has 10 heteroatoms. The number of benzene rings is 1. The molecular formula is C15H15F3N4O2S. The standard InChI is InChI=1S/C15H15F3N4O2S/c16-15(17,18)12-1-3-13(4-2-12)25(23,24)22-9-7-21(8-10-22)14-11-19-5-6-20-14/h1-6,11H,7-10H2. The molecule has 2 heterocycles. The van der Waals surface area contributed by atoms with Gasteiger partial charge in [0.2, 0.25) is 10.0 Å². The van der Waals surface area contributed by atoms with E-state index < -0.39 is 21.8 Å². The molecule has 0 atom stereocenters. The average molecular weight is 372 g/mol. The number of anilines is 1. The first kappa shape index (κ1) is 17.6. The van der Waals surface area contributed by atoms with E-state index in [4.69, 9.17) is 0 Å². The molecule has 2 aromatic rings. The SMILES string of the molecule is O=S(=O)(c1ccc(C(F)(F)F)cc1)N1CCN(c2cnccn2)CC1. The molecule has 1 aliphatic heterocycles. The van der Waals surface area contributed by atoms with Crippen LogP contribution in [0.4, 0.5) is 19.0 Å².